The van der Waals surface area contributed by atoms with E-state index < -0.39 is 5.91 Å². The molecule has 0 aliphatic heterocycles. The number of amides is 1. The fourth-order valence-corrected chi connectivity index (χ4v) is 4.60. The van der Waals surface area contributed by atoms with E-state index in [1.165, 1.54) is 23.5 Å². The van der Waals surface area contributed by atoms with Crippen molar-refractivity contribution in [3.8, 4) is 23.0 Å². The first-order valence-corrected chi connectivity index (χ1v) is 12.2. The summed E-state index contributed by atoms with van der Waals surface area (Å²) in [5.41, 5.74) is 3.44. The van der Waals surface area contributed by atoms with Gasteiger partial charge in [0.25, 0.3) is 5.91 Å². The third-order valence-corrected chi connectivity index (χ3v) is 6.48. The summed E-state index contributed by atoms with van der Waals surface area (Å²) >= 11 is 1.24. The van der Waals surface area contributed by atoms with E-state index in [4.69, 9.17) is 5.10 Å². The largest absolute Gasteiger partial charge is 0.297 e. The predicted molar refractivity (Wildman–Crippen MR) is 143 cm³/mol. The van der Waals surface area contributed by atoms with Gasteiger partial charge in [-0.05, 0) is 29.8 Å². The zero-order valence-corrected chi connectivity index (χ0v) is 20.3. The Balaban J connectivity index is 1.41. The Morgan fingerprint density at radius 3 is 2.46 bits per heavy atom. The first kappa shape index (κ1) is 23.9. The van der Waals surface area contributed by atoms with Crippen LogP contribution < -0.4 is 5.32 Å². The van der Waals surface area contributed by atoms with Crippen molar-refractivity contribution in [2.45, 2.75) is 6.42 Å². The lowest BCUT2D eigenvalue weighted by Gasteiger charge is -2.02. The van der Waals surface area contributed by atoms with Crippen molar-refractivity contribution in [1.82, 2.24) is 14.8 Å². The van der Waals surface area contributed by atoms with E-state index in [9.17, 15) is 14.4 Å². The van der Waals surface area contributed by atoms with Gasteiger partial charge < -0.3 is 0 Å². The van der Waals surface area contributed by atoms with Gasteiger partial charge in [0.05, 0.1) is 11.4 Å². The van der Waals surface area contributed by atoms with Gasteiger partial charge in [-0.15, -0.1) is 11.3 Å². The number of carbonyl (C=O) groups excluding carboxylic acids is 1. The summed E-state index contributed by atoms with van der Waals surface area (Å²) in [4.78, 5) is 18.0. The zero-order valence-electron chi connectivity index (χ0n) is 19.5. The molecule has 0 aliphatic carbocycles. The molecule has 2 heterocycles. The number of hydrogen-bond donors (Lipinski definition) is 1. The Bertz CT molecular complexity index is 1620. The van der Waals surface area contributed by atoms with Crippen LogP contribution in [0.2, 0.25) is 0 Å². The van der Waals surface area contributed by atoms with Gasteiger partial charge in [-0.1, -0.05) is 66.7 Å². The van der Waals surface area contributed by atoms with Crippen LogP contribution in [-0.4, -0.2) is 20.7 Å². The second-order valence-corrected chi connectivity index (χ2v) is 9.22. The smallest absolute Gasteiger partial charge is 0.268 e. The molecular weight excluding hydrogens is 485 g/mol. The number of nitrogens with one attached hydrogen (secondary N) is 1. The van der Waals surface area contributed by atoms with Gasteiger partial charge in [0.2, 0.25) is 0 Å². The summed E-state index contributed by atoms with van der Waals surface area (Å²) in [5.74, 6) is -0.873. The zero-order chi connectivity index (χ0) is 25.6. The SMILES string of the molecule is N#C/C(=C\c1cn(-c2ccccc2)nc1-c1ccccc1)C(=O)Nc1ncc(Cc2ccccc2F)s1. The molecule has 0 fully saturated rings. The lowest BCUT2D eigenvalue weighted by Crippen LogP contribution is -2.13. The number of halogens is 1. The van der Waals surface area contributed by atoms with Crippen molar-refractivity contribution in [1.29, 1.82) is 5.26 Å². The van der Waals surface area contributed by atoms with Gasteiger partial charge in [0.15, 0.2) is 5.13 Å². The molecule has 0 saturated carbocycles. The highest BCUT2D eigenvalue weighted by molar-refractivity contribution is 7.15. The van der Waals surface area contributed by atoms with Crippen molar-refractivity contribution in [2.24, 2.45) is 0 Å². The summed E-state index contributed by atoms with van der Waals surface area (Å²) in [5, 5.41) is 17.5. The Hall–Kier alpha value is -4.87. The molecule has 0 atom stereocenters. The van der Waals surface area contributed by atoms with Crippen LogP contribution in [0.1, 0.15) is 16.0 Å². The molecule has 3 aromatic carbocycles. The number of hydrogen-bond acceptors (Lipinski definition) is 5. The van der Waals surface area contributed by atoms with Gasteiger partial charge in [-0.2, -0.15) is 10.4 Å². The lowest BCUT2D eigenvalue weighted by molar-refractivity contribution is -0.112. The van der Waals surface area contributed by atoms with E-state index in [2.05, 4.69) is 10.3 Å². The predicted octanol–water partition coefficient (Wildman–Crippen LogP) is 6.27. The molecule has 5 aromatic rings. The van der Waals surface area contributed by atoms with Crippen LogP contribution >= 0.6 is 11.3 Å². The number of anilines is 1. The number of nitriles is 1. The topological polar surface area (TPSA) is 83.6 Å². The van der Waals surface area contributed by atoms with Crippen molar-refractivity contribution < 1.29 is 9.18 Å². The van der Waals surface area contributed by atoms with E-state index in [0.29, 0.717) is 28.4 Å². The van der Waals surface area contributed by atoms with Crippen LogP contribution in [0, 0.1) is 17.1 Å². The second kappa shape index (κ2) is 10.8. The number of thiazole rings is 1. The minimum absolute atomic E-state index is 0.0874. The maximum atomic E-state index is 14.0. The highest BCUT2D eigenvalue weighted by Crippen LogP contribution is 2.27. The Morgan fingerprint density at radius 1 is 1.03 bits per heavy atom. The number of nitrogens with zero attached hydrogens (tertiary/aromatic N) is 4. The Kier molecular flexibility index (Phi) is 6.97. The molecule has 6 nitrogen and oxygen atoms in total. The maximum Gasteiger partial charge on any atom is 0.268 e. The molecule has 180 valence electrons. The second-order valence-electron chi connectivity index (χ2n) is 8.10. The summed E-state index contributed by atoms with van der Waals surface area (Å²) in [6.07, 6.45) is 5.27. The molecule has 0 radical (unpaired) electrons. The Morgan fingerprint density at radius 2 is 1.73 bits per heavy atom. The third-order valence-electron chi connectivity index (χ3n) is 5.57. The monoisotopic (exact) mass is 505 g/mol. The Labute approximate surface area is 217 Å². The molecule has 2 aromatic heterocycles. The van der Waals surface area contributed by atoms with Crippen LogP contribution in [0.15, 0.2) is 103 Å². The first-order valence-electron chi connectivity index (χ1n) is 11.4. The number of aromatic nitrogens is 3. The van der Waals surface area contributed by atoms with Crippen LogP contribution in [0.5, 0.6) is 0 Å². The van der Waals surface area contributed by atoms with Crippen molar-refractivity contribution >= 4 is 28.5 Å². The number of para-hydroxylation sites is 1. The van der Waals surface area contributed by atoms with Gasteiger partial charge in [0.1, 0.15) is 17.5 Å². The molecule has 5 rings (SSSR count). The molecule has 0 saturated heterocycles. The first-order chi connectivity index (χ1) is 18.1. The average Bonchev–Trinajstić information content (AvgIpc) is 3.56. The van der Waals surface area contributed by atoms with Crippen LogP contribution in [0.4, 0.5) is 9.52 Å². The average molecular weight is 506 g/mol. The quantitative estimate of drug-likeness (QED) is 0.209. The van der Waals surface area contributed by atoms with Gasteiger partial charge in [-0.3, -0.25) is 10.1 Å². The van der Waals surface area contributed by atoms with E-state index in [0.717, 1.165) is 16.1 Å². The molecule has 1 amide bonds. The molecule has 0 aliphatic rings. The maximum absolute atomic E-state index is 14.0. The van der Waals surface area contributed by atoms with E-state index in [1.54, 1.807) is 35.3 Å². The van der Waals surface area contributed by atoms with Crippen LogP contribution in [0.3, 0.4) is 0 Å². The molecule has 0 unspecified atom stereocenters. The fourth-order valence-electron chi connectivity index (χ4n) is 3.77. The molecule has 8 heteroatoms. The third kappa shape index (κ3) is 5.53. The van der Waals surface area contributed by atoms with Gasteiger partial charge in [-0.25, -0.2) is 14.1 Å². The van der Waals surface area contributed by atoms with Crippen molar-refractivity contribution in [3.63, 3.8) is 0 Å². The lowest BCUT2D eigenvalue weighted by atomic mass is 10.1. The molecule has 1 N–H and O–H groups in total. The molecule has 0 bridgehead atoms. The minimum atomic E-state index is -0.583. The normalized spacial score (nSPS) is 11.2. The van der Waals surface area contributed by atoms with Gasteiger partial charge >= 0.3 is 0 Å². The summed E-state index contributed by atoms with van der Waals surface area (Å²) in [6, 6.07) is 27.7. The summed E-state index contributed by atoms with van der Waals surface area (Å²) in [6.45, 7) is 0. The van der Waals surface area contributed by atoms with Crippen molar-refractivity contribution in [2.75, 3.05) is 5.32 Å². The highest BCUT2D eigenvalue weighted by Gasteiger charge is 2.16. The highest BCUT2D eigenvalue weighted by atomic mass is 32.1. The molecule has 37 heavy (non-hydrogen) atoms. The summed E-state index contributed by atoms with van der Waals surface area (Å²) in [7, 11) is 0. The van der Waals surface area contributed by atoms with Gasteiger partial charge in [0, 0.05) is 34.8 Å². The van der Waals surface area contributed by atoms with E-state index in [-0.39, 0.29) is 11.4 Å². The van der Waals surface area contributed by atoms with E-state index in [1.807, 2.05) is 66.7 Å². The molecular formula is C29H20FN5OS. The summed E-state index contributed by atoms with van der Waals surface area (Å²) < 4.78 is 15.7. The van der Waals surface area contributed by atoms with Crippen LogP contribution in [-0.2, 0) is 11.2 Å². The van der Waals surface area contributed by atoms with Crippen LogP contribution in [0.25, 0.3) is 23.0 Å². The van der Waals surface area contributed by atoms with Crippen molar-refractivity contribution in [3.05, 3.63) is 125 Å². The fraction of sp³-hybridized carbons (Fsp3) is 0.0345. The minimum Gasteiger partial charge on any atom is -0.297 e. The molecule has 0 spiro atoms. The number of rotatable bonds is 7. The number of carbonyl (C=O) groups is 1. The standard InChI is InChI=1S/C29H20FN5OS/c30-26-14-8-7-11-21(26)16-25-18-32-29(37-25)33-28(36)22(17-31)15-23-19-35(24-12-5-2-6-13-24)34-27(23)20-9-3-1-4-10-20/h1-15,18-19H,16H2,(H,32,33,36)/b22-15+. The number of benzene rings is 3. The van der Waals surface area contributed by atoms with E-state index >= 15 is 0 Å².